The normalized spacial score (nSPS) is 9.67. The molecule has 3 nitrogen and oxygen atoms in total. The number of benzene rings is 1. The number of methoxy groups -OCH3 is 1. The summed E-state index contributed by atoms with van der Waals surface area (Å²) in [5.74, 6) is -0.212. The Kier molecular flexibility index (Phi) is 4.54. The van der Waals surface area contributed by atoms with Crippen molar-refractivity contribution in [3.05, 3.63) is 35.4 Å². The van der Waals surface area contributed by atoms with Crippen LogP contribution in [0.15, 0.2) is 24.3 Å². The molecule has 0 saturated heterocycles. The Bertz CT molecular complexity index is 344. The Morgan fingerprint density at radius 2 is 2.13 bits per heavy atom. The van der Waals surface area contributed by atoms with Crippen molar-refractivity contribution in [1.29, 1.82) is 0 Å². The standard InChI is InChI=1S/C12H14O3/c1-15-12(14)6-5-10-3-2-4-11(9-10)7-8-13/h2-4,8-9H,5-7H2,1H3. The van der Waals surface area contributed by atoms with Crippen LogP contribution in [-0.4, -0.2) is 19.4 Å². The van der Waals surface area contributed by atoms with Gasteiger partial charge in [-0.05, 0) is 17.5 Å². The SMILES string of the molecule is COC(=O)CCc1cccc(CC=O)c1. The molecule has 15 heavy (non-hydrogen) atoms. The summed E-state index contributed by atoms with van der Waals surface area (Å²) >= 11 is 0. The third-order valence-corrected chi connectivity index (χ3v) is 2.16. The summed E-state index contributed by atoms with van der Waals surface area (Å²) in [6.07, 6.45) is 2.33. The lowest BCUT2D eigenvalue weighted by atomic mass is 10.1. The molecule has 3 heteroatoms. The van der Waals surface area contributed by atoms with Crippen LogP contribution in [0.2, 0.25) is 0 Å². The smallest absolute Gasteiger partial charge is 0.305 e. The third kappa shape index (κ3) is 3.94. The van der Waals surface area contributed by atoms with Gasteiger partial charge >= 0.3 is 5.97 Å². The van der Waals surface area contributed by atoms with Crippen molar-refractivity contribution in [3.63, 3.8) is 0 Å². The van der Waals surface area contributed by atoms with Gasteiger partial charge in [-0.15, -0.1) is 0 Å². The number of hydrogen-bond donors (Lipinski definition) is 0. The Morgan fingerprint density at radius 1 is 1.40 bits per heavy atom. The molecule has 0 aromatic heterocycles. The number of hydrogen-bond acceptors (Lipinski definition) is 3. The quantitative estimate of drug-likeness (QED) is 0.542. The lowest BCUT2D eigenvalue weighted by molar-refractivity contribution is -0.140. The summed E-state index contributed by atoms with van der Waals surface area (Å²) in [6.45, 7) is 0. The van der Waals surface area contributed by atoms with Gasteiger partial charge in [-0.3, -0.25) is 4.79 Å². The van der Waals surface area contributed by atoms with E-state index in [0.717, 1.165) is 17.4 Å². The first-order valence-electron chi connectivity index (χ1n) is 4.84. The lowest BCUT2D eigenvalue weighted by Crippen LogP contribution is -2.02. The largest absolute Gasteiger partial charge is 0.469 e. The topological polar surface area (TPSA) is 43.4 Å². The molecule has 0 atom stereocenters. The highest BCUT2D eigenvalue weighted by Gasteiger charge is 2.01. The van der Waals surface area contributed by atoms with Gasteiger partial charge in [0, 0.05) is 12.8 Å². The molecular formula is C12H14O3. The molecule has 0 radical (unpaired) electrons. The van der Waals surface area contributed by atoms with E-state index in [4.69, 9.17) is 0 Å². The predicted molar refractivity (Wildman–Crippen MR) is 56.5 cm³/mol. The molecule has 0 aliphatic carbocycles. The van der Waals surface area contributed by atoms with E-state index < -0.39 is 0 Å². The van der Waals surface area contributed by atoms with Gasteiger partial charge in [0.15, 0.2) is 0 Å². The first-order chi connectivity index (χ1) is 7.26. The zero-order valence-electron chi connectivity index (χ0n) is 8.73. The van der Waals surface area contributed by atoms with E-state index >= 15 is 0 Å². The molecule has 1 rings (SSSR count). The molecule has 80 valence electrons. The molecule has 0 N–H and O–H groups in total. The number of aryl methyl sites for hydroxylation is 1. The van der Waals surface area contributed by atoms with Gasteiger partial charge < -0.3 is 9.53 Å². The van der Waals surface area contributed by atoms with Crippen molar-refractivity contribution >= 4 is 12.3 Å². The highest BCUT2D eigenvalue weighted by atomic mass is 16.5. The minimum Gasteiger partial charge on any atom is -0.469 e. The first kappa shape index (κ1) is 11.4. The fourth-order valence-electron chi connectivity index (χ4n) is 1.36. The van der Waals surface area contributed by atoms with E-state index in [1.54, 1.807) is 0 Å². The monoisotopic (exact) mass is 206 g/mol. The molecule has 0 amide bonds. The minimum atomic E-state index is -0.212. The van der Waals surface area contributed by atoms with Crippen LogP contribution in [0.25, 0.3) is 0 Å². The number of carbonyl (C=O) groups is 2. The number of aldehydes is 1. The van der Waals surface area contributed by atoms with Crippen LogP contribution in [0.3, 0.4) is 0 Å². The van der Waals surface area contributed by atoms with Crippen LogP contribution in [0.1, 0.15) is 17.5 Å². The number of ether oxygens (including phenoxy) is 1. The Hall–Kier alpha value is -1.64. The summed E-state index contributed by atoms with van der Waals surface area (Å²) < 4.78 is 4.55. The maximum absolute atomic E-state index is 10.9. The van der Waals surface area contributed by atoms with E-state index in [9.17, 15) is 9.59 Å². The van der Waals surface area contributed by atoms with Crippen LogP contribution in [0, 0.1) is 0 Å². The number of esters is 1. The van der Waals surface area contributed by atoms with Crippen molar-refractivity contribution in [1.82, 2.24) is 0 Å². The molecule has 0 spiro atoms. The number of carbonyl (C=O) groups excluding carboxylic acids is 2. The second-order valence-corrected chi connectivity index (χ2v) is 3.27. The fourth-order valence-corrected chi connectivity index (χ4v) is 1.36. The summed E-state index contributed by atoms with van der Waals surface area (Å²) in [4.78, 5) is 21.2. The van der Waals surface area contributed by atoms with Gasteiger partial charge in [0.2, 0.25) is 0 Å². The van der Waals surface area contributed by atoms with E-state index in [1.807, 2.05) is 24.3 Å². The Balaban J connectivity index is 2.57. The Labute approximate surface area is 89.1 Å². The summed E-state index contributed by atoms with van der Waals surface area (Å²) in [7, 11) is 1.38. The molecule has 0 heterocycles. The molecule has 0 unspecified atom stereocenters. The van der Waals surface area contributed by atoms with Gasteiger partial charge in [0.1, 0.15) is 6.29 Å². The fraction of sp³-hybridized carbons (Fsp3) is 0.333. The lowest BCUT2D eigenvalue weighted by Gasteiger charge is -2.02. The summed E-state index contributed by atoms with van der Waals surface area (Å²) in [5, 5.41) is 0. The van der Waals surface area contributed by atoms with Crippen molar-refractivity contribution in [3.8, 4) is 0 Å². The molecule has 0 aliphatic rings. The number of rotatable bonds is 5. The summed E-state index contributed by atoms with van der Waals surface area (Å²) in [6, 6.07) is 7.68. The van der Waals surface area contributed by atoms with Crippen LogP contribution >= 0.6 is 0 Å². The van der Waals surface area contributed by atoms with Crippen LogP contribution in [-0.2, 0) is 27.2 Å². The van der Waals surface area contributed by atoms with E-state index in [0.29, 0.717) is 19.3 Å². The van der Waals surface area contributed by atoms with Crippen molar-refractivity contribution < 1.29 is 14.3 Å². The van der Waals surface area contributed by atoms with Gasteiger partial charge in [-0.1, -0.05) is 24.3 Å². The van der Waals surface area contributed by atoms with Crippen molar-refractivity contribution in [2.24, 2.45) is 0 Å². The van der Waals surface area contributed by atoms with E-state index in [2.05, 4.69) is 4.74 Å². The first-order valence-corrected chi connectivity index (χ1v) is 4.84. The zero-order valence-corrected chi connectivity index (χ0v) is 8.73. The average molecular weight is 206 g/mol. The second-order valence-electron chi connectivity index (χ2n) is 3.27. The molecule has 0 fully saturated rings. The molecule has 1 aromatic carbocycles. The molecule has 1 aromatic rings. The highest BCUT2D eigenvalue weighted by molar-refractivity contribution is 5.69. The molecule has 0 saturated carbocycles. The van der Waals surface area contributed by atoms with Crippen LogP contribution < -0.4 is 0 Å². The van der Waals surface area contributed by atoms with Gasteiger partial charge in [-0.2, -0.15) is 0 Å². The maximum atomic E-state index is 10.9. The Morgan fingerprint density at radius 3 is 2.80 bits per heavy atom. The molecule has 0 bridgehead atoms. The average Bonchev–Trinajstić information content (AvgIpc) is 2.27. The third-order valence-electron chi connectivity index (χ3n) is 2.16. The van der Waals surface area contributed by atoms with Crippen LogP contribution in [0.4, 0.5) is 0 Å². The molecular weight excluding hydrogens is 192 g/mol. The van der Waals surface area contributed by atoms with Crippen molar-refractivity contribution in [2.75, 3.05) is 7.11 Å². The highest BCUT2D eigenvalue weighted by Crippen LogP contribution is 2.08. The summed E-state index contributed by atoms with van der Waals surface area (Å²) in [5.41, 5.74) is 2.03. The minimum absolute atomic E-state index is 0.212. The second kappa shape index (κ2) is 5.96. The predicted octanol–water partition coefficient (Wildman–Crippen LogP) is 1.53. The maximum Gasteiger partial charge on any atom is 0.305 e. The van der Waals surface area contributed by atoms with Crippen LogP contribution in [0.5, 0.6) is 0 Å². The molecule has 0 aliphatic heterocycles. The van der Waals surface area contributed by atoms with Gasteiger partial charge in [0.05, 0.1) is 7.11 Å². The van der Waals surface area contributed by atoms with Gasteiger partial charge in [-0.25, -0.2) is 0 Å². The van der Waals surface area contributed by atoms with E-state index in [-0.39, 0.29) is 5.97 Å². The van der Waals surface area contributed by atoms with Crippen molar-refractivity contribution in [2.45, 2.75) is 19.3 Å². The van der Waals surface area contributed by atoms with Gasteiger partial charge in [0.25, 0.3) is 0 Å². The zero-order chi connectivity index (χ0) is 11.1. The van der Waals surface area contributed by atoms with E-state index in [1.165, 1.54) is 7.11 Å².